The summed E-state index contributed by atoms with van der Waals surface area (Å²) in [6.07, 6.45) is -3.11. The Hall–Kier alpha value is -2.52. The zero-order chi connectivity index (χ0) is 19.1. The van der Waals surface area contributed by atoms with Crippen LogP contribution in [0, 0.1) is 0 Å². The number of hydrogen-bond donors (Lipinski definition) is 0. The number of alkyl halides is 2. The summed E-state index contributed by atoms with van der Waals surface area (Å²) in [5, 5.41) is 11.4. The summed E-state index contributed by atoms with van der Waals surface area (Å²) in [5.74, 6) is 0.0529. The molecule has 2 aromatic rings. The van der Waals surface area contributed by atoms with Crippen LogP contribution in [0.2, 0.25) is 0 Å². The van der Waals surface area contributed by atoms with Crippen molar-refractivity contribution in [3.8, 4) is 0 Å². The highest BCUT2D eigenvalue weighted by Gasteiger charge is 2.31. The average Bonchev–Trinajstić information content (AvgIpc) is 2.96. The molecule has 10 heteroatoms. The molecule has 3 heterocycles. The van der Waals surface area contributed by atoms with Crippen molar-refractivity contribution in [2.75, 3.05) is 24.5 Å². The second-order valence-electron chi connectivity index (χ2n) is 7.29. The van der Waals surface area contributed by atoms with Gasteiger partial charge in [-0.25, -0.2) is 13.6 Å². The van der Waals surface area contributed by atoms with Crippen LogP contribution in [0.25, 0.3) is 5.65 Å². The van der Waals surface area contributed by atoms with Crippen LogP contribution in [0.15, 0.2) is 12.1 Å². The maximum absolute atomic E-state index is 13.0. The Morgan fingerprint density at radius 3 is 2.62 bits per heavy atom. The van der Waals surface area contributed by atoms with Gasteiger partial charge in [0.05, 0.1) is 0 Å². The SMILES string of the molecule is C[C@@H]1CN(c2ccc3nnc(C(F)F)n3n2)CCN1C(=O)OC(C)(C)C. The number of carbonyl (C=O) groups is 1. The van der Waals surface area contributed by atoms with Gasteiger partial charge in [0, 0.05) is 25.7 Å². The quantitative estimate of drug-likeness (QED) is 0.811. The molecule has 1 fully saturated rings. The van der Waals surface area contributed by atoms with E-state index in [1.807, 2.05) is 32.6 Å². The summed E-state index contributed by atoms with van der Waals surface area (Å²) in [7, 11) is 0. The van der Waals surface area contributed by atoms with Gasteiger partial charge < -0.3 is 14.5 Å². The van der Waals surface area contributed by atoms with E-state index in [-0.39, 0.29) is 17.8 Å². The first-order valence-corrected chi connectivity index (χ1v) is 8.41. The first kappa shape index (κ1) is 18.3. The highest BCUT2D eigenvalue weighted by atomic mass is 19.3. The van der Waals surface area contributed by atoms with Crippen LogP contribution in [0.4, 0.5) is 19.4 Å². The fourth-order valence-corrected chi connectivity index (χ4v) is 2.86. The van der Waals surface area contributed by atoms with Crippen LogP contribution in [0.1, 0.15) is 39.9 Å². The molecule has 142 valence electrons. The first-order chi connectivity index (χ1) is 12.2. The monoisotopic (exact) mass is 368 g/mol. The summed E-state index contributed by atoms with van der Waals surface area (Å²) in [6.45, 7) is 8.88. The highest BCUT2D eigenvalue weighted by molar-refractivity contribution is 5.69. The molecule has 0 N–H and O–H groups in total. The molecule has 0 spiro atoms. The number of halogens is 2. The van der Waals surface area contributed by atoms with Crippen molar-refractivity contribution in [2.24, 2.45) is 0 Å². The van der Waals surface area contributed by atoms with Crippen LogP contribution in [0.5, 0.6) is 0 Å². The lowest BCUT2D eigenvalue weighted by molar-refractivity contribution is 0.0158. The number of nitrogens with zero attached hydrogens (tertiary/aromatic N) is 6. The van der Waals surface area contributed by atoms with E-state index in [4.69, 9.17) is 4.74 Å². The molecule has 0 radical (unpaired) electrons. The number of fused-ring (bicyclic) bond motifs is 1. The van der Waals surface area contributed by atoms with E-state index < -0.39 is 17.9 Å². The molecule has 1 saturated heterocycles. The summed E-state index contributed by atoms with van der Waals surface area (Å²) >= 11 is 0. The Morgan fingerprint density at radius 2 is 2.00 bits per heavy atom. The zero-order valence-corrected chi connectivity index (χ0v) is 15.2. The molecule has 0 bridgehead atoms. The third kappa shape index (κ3) is 3.68. The van der Waals surface area contributed by atoms with Gasteiger partial charge in [-0.1, -0.05) is 0 Å². The minimum Gasteiger partial charge on any atom is -0.444 e. The van der Waals surface area contributed by atoms with Crippen LogP contribution in [-0.4, -0.2) is 62.1 Å². The molecule has 1 aliphatic heterocycles. The second-order valence-corrected chi connectivity index (χ2v) is 7.29. The van der Waals surface area contributed by atoms with Crippen molar-refractivity contribution in [1.29, 1.82) is 0 Å². The Labute approximate surface area is 149 Å². The first-order valence-electron chi connectivity index (χ1n) is 8.41. The third-order valence-electron chi connectivity index (χ3n) is 4.05. The normalized spacial score (nSPS) is 18.7. The zero-order valence-electron chi connectivity index (χ0n) is 15.2. The Morgan fingerprint density at radius 1 is 1.27 bits per heavy atom. The van der Waals surface area contributed by atoms with Crippen LogP contribution in [0.3, 0.4) is 0 Å². The number of ether oxygens (including phenoxy) is 1. The van der Waals surface area contributed by atoms with Crippen molar-refractivity contribution in [3.05, 3.63) is 18.0 Å². The number of amides is 1. The molecule has 8 nitrogen and oxygen atoms in total. The lowest BCUT2D eigenvalue weighted by atomic mass is 10.2. The molecule has 3 rings (SSSR count). The van der Waals surface area contributed by atoms with E-state index in [0.29, 0.717) is 25.5 Å². The van der Waals surface area contributed by atoms with Crippen molar-refractivity contribution in [1.82, 2.24) is 24.7 Å². The lowest BCUT2D eigenvalue weighted by Gasteiger charge is -2.40. The van der Waals surface area contributed by atoms with E-state index in [1.165, 1.54) is 0 Å². The van der Waals surface area contributed by atoms with Gasteiger partial charge in [-0.2, -0.15) is 4.52 Å². The topological polar surface area (TPSA) is 75.9 Å². The number of carbonyl (C=O) groups excluding carboxylic acids is 1. The molecule has 0 aromatic carbocycles. The fraction of sp³-hybridized carbons (Fsp3) is 0.625. The standard InChI is InChI=1S/C16H22F2N6O2/c1-10-9-22(7-8-23(10)15(25)26-16(2,3)4)12-6-5-11-19-20-14(13(17)18)24(11)21-12/h5-6,10,13H,7-9H2,1-4H3/t10-/m1/s1. The van der Waals surface area contributed by atoms with Gasteiger partial charge in [-0.15, -0.1) is 15.3 Å². The van der Waals surface area contributed by atoms with Gasteiger partial charge in [0.15, 0.2) is 5.65 Å². The molecule has 0 aliphatic carbocycles. The van der Waals surface area contributed by atoms with Crippen molar-refractivity contribution in [2.45, 2.75) is 45.8 Å². The molecule has 26 heavy (non-hydrogen) atoms. The summed E-state index contributed by atoms with van der Waals surface area (Å²) in [6, 6.07) is 3.22. The van der Waals surface area contributed by atoms with Gasteiger partial charge >= 0.3 is 6.09 Å². The van der Waals surface area contributed by atoms with Gasteiger partial charge in [-0.05, 0) is 39.8 Å². The number of hydrogen-bond acceptors (Lipinski definition) is 6. The van der Waals surface area contributed by atoms with E-state index >= 15 is 0 Å². The van der Waals surface area contributed by atoms with Crippen LogP contribution >= 0.6 is 0 Å². The fourth-order valence-electron chi connectivity index (χ4n) is 2.86. The maximum Gasteiger partial charge on any atom is 0.410 e. The number of rotatable bonds is 2. The van der Waals surface area contributed by atoms with Crippen molar-refractivity contribution >= 4 is 17.6 Å². The van der Waals surface area contributed by atoms with E-state index in [1.54, 1.807) is 17.0 Å². The predicted octanol–water partition coefficient (Wildman–Crippen LogP) is 2.51. The molecule has 2 aromatic heterocycles. The molecule has 0 saturated carbocycles. The summed E-state index contributed by atoms with van der Waals surface area (Å²) in [5.41, 5.74) is -0.287. The number of aromatic nitrogens is 4. The minimum absolute atomic E-state index is 0.105. The van der Waals surface area contributed by atoms with E-state index in [0.717, 1.165) is 4.52 Å². The van der Waals surface area contributed by atoms with E-state index in [2.05, 4.69) is 15.3 Å². The molecule has 1 aliphatic rings. The smallest absolute Gasteiger partial charge is 0.410 e. The van der Waals surface area contributed by atoms with Gasteiger partial charge in [-0.3, -0.25) is 0 Å². The highest BCUT2D eigenvalue weighted by Crippen LogP contribution is 2.22. The maximum atomic E-state index is 13.0. The summed E-state index contributed by atoms with van der Waals surface area (Å²) < 4.78 is 32.5. The van der Waals surface area contributed by atoms with Crippen LogP contribution < -0.4 is 4.90 Å². The third-order valence-corrected chi connectivity index (χ3v) is 4.05. The Bertz CT molecular complexity index is 804. The molecular weight excluding hydrogens is 346 g/mol. The number of anilines is 1. The Balaban J connectivity index is 1.75. The predicted molar refractivity (Wildman–Crippen MR) is 90.4 cm³/mol. The average molecular weight is 368 g/mol. The molecule has 1 amide bonds. The summed E-state index contributed by atoms with van der Waals surface area (Å²) in [4.78, 5) is 15.9. The van der Waals surface area contributed by atoms with Crippen molar-refractivity contribution in [3.63, 3.8) is 0 Å². The lowest BCUT2D eigenvalue weighted by Crippen LogP contribution is -2.55. The van der Waals surface area contributed by atoms with E-state index in [9.17, 15) is 13.6 Å². The van der Waals surface area contributed by atoms with Gasteiger partial charge in [0.2, 0.25) is 5.82 Å². The van der Waals surface area contributed by atoms with Gasteiger partial charge in [0.1, 0.15) is 11.4 Å². The largest absolute Gasteiger partial charge is 0.444 e. The number of piperazine rings is 1. The molecule has 0 unspecified atom stereocenters. The second kappa shape index (κ2) is 6.65. The Kier molecular flexibility index (Phi) is 4.68. The van der Waals surface area contributed by atoms with Gasteiger partial charge in [0.25, 0.3) is 6.43 Å². The molecule has 1 atom stereocenters. The minimum atomic E-state index is -2.75. The van der Waals surface area contributed by atoms with Crippen LogP contribution in [-0.2, 0) is 4.74 Å². The van der Waals surface area contributed by atoms with Crippen molar-refractivity contribution < 1.29 is 18.3 Å². The molecular formula is C16H22F2N6O2.